The van der Waals surface area contributed by atoms with Gasteiger partial charge < -0.3 is 14.9 Å². The van der Waals surface area contributed by atoms with Crippen LogP contribution in [0.2, 0.25) is 0 Å². The first-order chi connectivity index (χ1) is 10.2. The zero-order chi connectivity index (χ0) is 16.9. The van der Waals surface area contributed by atoms with E-state index in [2.05, 4.69) is 0 Å². The van der Waals surface area contributed by atoms with Crippen LogP contribution in [-0.4, -0.2) is 35.0 Å². The average molecular weight is 367 g/mol. The second kappa shape index (κ2) is 7.81. The van der Waals surface area contributed by atoms with Gasteiger partial charge in [-0.05, 0) is 31.2 Å². The molecule has 0 radical (unpaired) electrons. The van der Waals surface area contributed by atoms with E-state index in [1.807, 2.05) is 0 Å². The number of halogens is 3. The van der Waals surface area contributed by atoms with Gasteiger partial charge in [-0.25, -0.2) is 0 Å². The largest absolute Gasteiger partial charge is 0.497 e. The van der Waals surface area contributed by atoms with Gasteiger partial charge in [0.2, 0.25) is 3.79 Å². The number of ketones is 1. The molecule has 0 saturated heterocycles. The van der Waals surface area contributed by atoms with Crippen molar-refractivity contribution in [3.63, 3.8) is 0 Å². The number of benzene rings is 1. The molecule has 0 saturated carbocycles. The van der Waals surface area contributed by atoms with Crippen LogP contribution in [0, 0.1) is 11.3 Å². The van der Waals surface area contributed by atoms with Crippen LogP contribution < -0.4 is 4.74 Å². The standard InChI is InChI=1S/C14H14Cl3NO4/c1-3-22-13(20)10(12(18)14(15,16)17)11(19)8-4-6-9(21-2)7-5-8/h4-7,10,18H,3H2,1-2H3/t10-/m1/s1. The normalized spacial score (nSPS) is 12.4. The van der Waals surface area contributed by atoms with Crippen molar-refractivity contribution >= 4 is 52.3 Å². The van der Waals surface area contributed by atoms with Crippen LogP contribution in [0.5, 0.6) is 5.75 Å². The lowest BCUT2D eigenvalue weighted by molar-refractivity contribution is -0.144. The van der Waals surface area contributed by atoms with Crippen LogP contribution >= 0.6 is 34.8 Å². The van der Waals surface area contributed by atoms with Crippen molar-refractivity contribution in [2.45, 2.75) is 10.7 Å². The van der Waals surface area contributed by atoms with Crippen LogP contribution in [0.4, 0.5) is 0 Å². The molecule has 0 aliphatic carbocycles. The first-order valence-corrected chi connectivity index (χ1v) is 7.36. The number of methoxy groups -OCH3 is 1. The van der Waals surface area contributed by atoms with Gasteiger partial charge in [-0.15, -0.1) is 0 Å². The molecule has 0 amide bonds. The Balaban J connectivity index is 3.16. The number of carbonyl (C=O) groups excluding carboxylic acids is 2. The Morgan fingerprint density at radius 2 is 1.77 bits per heavy atom. The zero-order valence-corrected chi connectivity index (χ0v) is 14.1. The van der Waals surface area contributed by atoms with Gasteiger partial charge in [-0.1, -0.05) is 34.8 Å². The fourth-order valence-electron chi connectivity index (χ4n) is 1.67. The van der Waals surface area contributed by atoms with Gasteiger partial charge >= 0.3 is 5.97 Å². The van der Waals surface area contributed by atoms with E-state index in [9.17, 15) is 9.59 Å². The van der Waals surface area contributed by atoms with E-state index in [-0.39, 0.29) is 12.2 Å². The van der Waals surface area contributed by atoms with Crippen molar-refractivity contribution in [2.75, 3.05) is 13.7 Å². The molecule has 0 heterocycles. The third-order valence-electron chi connectivity index (χ3n) is 2.75. The molecule has 1 aromatic carbocycles. The second-order valence-electron chi connectivity index (χ2n) is 4.19. The lowest BCUT2D eigenvalue weighted by Gasteiger charge is -2.20. The number of esters is 1. The number of alkyl halides is 3. The van der Waals surface area contributed by atoms with E-state index >= 15 is 0 Å². The van der Waals surface area contributed by atoms with Crippen LogP contribution in [-0.2, 0) is 9.53 Å². The third-order valence-corrected chi connectivity index (χ3v) is 3.36. The van der Waals surface area contributed by atoms with Gasteiger partial charge in [0, 0.05) is 5.56 Å². The van der Waals surface area contributed by atoms with E-state index in [1.54, 1.807) is 19.1 Å². The van der Waals surface area contributed by atoms with Crippen LogP contribution in [0.1, 0.15) is 17.3 Å². The smallest absolute Gasteiger partial charge is 0.322 e. The van der Waals surface area contributed by atoms with Crippen LogP contribution in [0.3, 0.4) is 0 Å². The van der Waals surface area contributed by atoms with E-state index in [0.717, 1.165) is 0 Å². The Morgan fingerprint density at radius 3 is 2.18 bits per heavy atom. The molecule has 8 heteroatoms. The topological polar surface area (TPSA) is 76.5 Å². The van der Waals surface area contributed by atoms with E-state index < -0.39 is 27.2 Å². The fraction of sp³-hybridized carbons (Fsp3) is 0.357. The fourth-order valence-corrected chi connectivity index (χ4v) is 1.99. The number of rotatable bonds is 6. The first kappa shape index (κ1) is 18.7. The summed E-state index contributed by atoms with van der Waals surface area (Å²) in [4.78, 5) is 24.5. The highest BCUT2D eigenvalue weighted by Gasteiger charge is 2.42. The average Bonchev–Trinajstić information content (AvgIpc) is 2.46. The molecule has 0 bridgehead atoms. The predicted molar refractivity (Wildman–Crippen MR) is 85.5 cm³/mol. The molecule has 1 atom stereocenters. The molecule has 22 heavy (non-hydrogen) atoms. The van der Waals surface area contributed by atoms with Crippen molar-refractivity contribution in [3.05, 3.63) is 29.8 Å². The molecule has 0 fully saturated rings. The molecular formula is C14H14Cl3NO4. The van der Waals surface area contributed by atoms with Crippen LogP contribution in [0.15, 0.2) is 24.3 Å². The minimum Gasteiger partial charge on any atom is -0.497 e. The molecule has 0 aliphatic heterocycles. The number of Topliss-reactive ketones (excluding diaryl/α,β-unsaturated/α-hetero) is 1. The lowest BCUT2D eigenvalue weighted by Crippen LogP contribution is -2.39. The summed E-state index contributed by atoms with van der Waals surface area (Å²) in [5.74, 6) is -2.68. The van der Waals surface area contributed by atoms with Crippen molar-refractivity contribution in [1.29, 1.82) is 5.41 Å². The molecule has 120 valence electrons. The Labute approximate surface area is 142 Å². The van der Waals surface area contributed by atoms with Crippen molar-refractivity contribution in [1.82, 2.24) is 0 Å². The maximum Gasteiger partial charge on any atom is 0.322 e. The van der Waals surface area contributed by atoms with E-state index in [0.29, 0.717) is 5.75 Å². The molecule has 0 aliphatic rings. The third kappa shape index (κ3) is 4.60. The first-order valence-electron chi connectivity index (χ1n) is 6.22. The Morgan fingerprint density at radius 1 is 1.23 bits per heavy atom. The van der Waals surface area contributed by atoms with Gasteiger partial charge in [0.1, 0.15) is 5.75 Å². The van der Waals surface area contributed by atoms with Gasteiger partial charge in [-0.3, -0.25) is 9.59 Å². The summed E-state index contributed by atoms with van der Waals surface area (Å²) >= 11 is 16.9. The van der Waals surface area contributed by atoms with Gasteiger partial charge in [-0.2, -0.15) is 0 Å². The molecule has 1 aromatic rings. The number of hydrogen-bond acceptors (Lipinski definition) is 5. The highest BCUT2D eigenvalue weighted by atomic mass is 35.6. The monoisotopic (exact) mass is 365 g/mol. The van der Waals surface area contributed by atoms with E-state index in [4.69, 9.17) is 49.7 Å². The summed E-state index contributed by atoms with van der Waals surface area (Å²) in [7, 11) is 1.48. The number of hydrogen-bond donors (Lipinski definition) is 1. The Hall–Kier alpha value is -1.30. The van der Waals surface area contributed by atoms with E-state index in [1.165, 1.54) is 19.2 Å². The van der Waals surface area contributed by atoms with Crippen molar-refractivity contribution < 1.29 is 19.1 Å². The quantitative estimate of drug-likeness (QED) is 0.275. The SMILES string of the molecule is CCOC(=O)[C@@H](C(=N)C(Cl)(Cl)Cl)C(=O)c1ccc(OC)cc1. The maximum absolute atomic E-state index is 12.5. The number of carbonyl (C=O) groups is 2. The summed E-state index contributed by atoms with van der Waals surface area (Å²) in [5, 5.41) is 7.82. The molecule has 1 N–H and O–H groups in total. The van der Waals surface area contributed by atoms with Gasteiger partial charge in [0.15, 0.2) is 11.7 Å². The van der Waals surface area contributed by atoms with Crippen molar-refractivity contribution in [2.24, 2.45) is 5.92 Å². The predicted octanol–water partition coefficient (Wildman–Crippen LogP) is 3.45. The maximum atomic E-state index is 12.5. The summed E-state index contributed by atoms with van der Waals surface area (Å²) in [5.41, 5.74) is -0.477. The molecule has 5 nitrogen and oxygen atoms in total. The number of nitrogens with one attached hydrogen (secondary N) is 1. The summed E-state index contributed by atoms with van der Waals surface area (Å²) in [6.45, 7) is 1.62. The summed E-state index contributed by atoms with van der Waals surface area (Å²) in [6.07, 6.45) is 0. The lowest BCUT2D eigenvalue weighted by atomic mass is 9.93. The Kier molecular flexibility index (Phi) is 6.66. The Bertz CT molecular complexity index is 566. The summed E-state index contributed by atoms with van der Waals surface area (Å²) < 4.78 is 7.61. The summed E-state index contributed by atoms with van der Waals surface area (Å²) in [6, 6.07) is 6.01. The number of ether oxygens (including phenoxy) is 2. The minimum atomic E-state index is -2.18. The molecular weight excluding hydrogens is 353 g/mol. The van der Waals surface area contributed by atoms with Gasteiger partial charge in [0.25, 0.3) is 0 Å². The molecule has 0 aromatic heterocycles. The second-order valence-corrected chi connectivity index (χ2v) is 6.47. The molecule has 1 rings (SSSR count). The highest BCUT2D eigenvalue weighted by molar-refractivity contribution is 6.77. The molecule has 0 unspecified atom stereocenters. The minimum absolute atomic E-state index is 0.0400. The molecule has 0 spiro atoms. The van der Waals surface area contributed by atoms with Crippen molar-refractivity contribution in [3.8, 4) is 5.75 Å². The zero-order valence-electron chi connectivity index (χ0n) is 11.9. The van der Waals surface area contributed by atoms with Crippen LogP contribution in [0.25, 0.3) is 0 Å². The van der Waals surface area contributed by atoms with Gasteiger partial charge in [0.05, 0.1) is 19.4 Å². The highest BCUT2D eigenvalue weighted by Crippen LogP contribution is 2.32.